The Bertz CT molecular complexity index is 1380. The molecule has 0 unspecified atom stereocenters. The zero-order chi connectivity index (χ0) is 23.9. The van der Waals surface area contributed by atoms with Crippen molar-refractivity contribution in [2.45, 2.75) is 64.0 Å². The second kappa shape index (κ2) is 9.19. The fourth-order valence-electron chi connectivity index (χ4n) is 5.89. The summed E-state index contributed by atoms with van der Waals surface area (Å²) in [5.41, 5.74) is 6.88. The van der Waals surface area contributed by atoms with E-state index in [1.54, 1.807) is 12.1 Å². The van der Waals surface area contributed by atoms with Gasteiger partial charge in [-0.05, 0) is 67.5 Å². The zero-order valence-corrected chi connectivity index (χ0v) is 20.5. The highest BCUT2D eigenvalue weighted by Crippen LogP contribution is 2.39. The maximum Gasteiger partial charge on any atom is 0.269 e. The van der Waals surface area contributed by atoms with Crippen LogP contribution < -0.4 is 5.32 Å². The van der Waals surface area contributed by atoms with Gasteiger partial charge in [0.05, 0.1) is 5.69 Å². The molecule has 2 aromatic heterocycles. The van der Waals surface area contributed by atoms with Gasteiger partial charge in [0.15, 0.2) is 0 Å². The van der Waals surface area contributed by atoms with Crippen LogP contribution in [0.15, 0.2) is 54.7 Å². The Hall–Kier alpha value is -3.05. The van der Waals surface area contributed by atoms with E-state index in [1.807, 2.05) is 24.3 Å². The zero-order valence-electron chi connectivity index (χ0n) is 19.7. The van der Waals surface area contributed by atoms with Gasteiger partial charge in [0.2, 0.25) is 0 Å². The molecule has 4 aromatic rings. The van der Waals surface area contributed by atoms with Crippen LogP contribution in [0, 0.1) is 5.82 Å². The van der Waals surface area contributed by atoms with Crippen LogP contribution in [0.5, 0.6) is 0 Å². The van der Waals surface area contributed by atoms with Gasteiger partial charge in [-0.25, -0.2) is 4.39 Å². The van der Waals surface area contributed by atoms with E-state index in [1.165, 1.54) is 24.1 Å². The van der Waals surface area contributed by atoms with E-state index in [9.17, 15) is 9.18 Å². The number of benzene rings is 2. The largest absolute Gasteiger partial charge is 0.348 e. The fraction of sp³-hybridized carbons (Fsp3) is 0.345. The molecule has 4 nitrogen and oxygen atoms in total. The van der Waals surface area contributed by atoms with Crippen LogP contribution in [0.3, 0.4) is 0 Å². The highest BCUT2D eigenvalue weighted by molar-refractivity contribution is 6.30. The van der Waals surface area contributed by atoms with Crippen LogP contribution in [-0.4, -0.2) is 20.9 Å². The molecule has 2 aliphatic rings. The van der Waals surface area contributed by atoms with Gasteiger partial charge in [0.1, 0.15) is 17.2 Å². The number of aryl methyl sites for hydroxylation is 2. The number of hydrogen-bond donors (Lipinski definition) is 1. The molecule has 35 heavy (non-hydrogen) atoms. The average Bonchev–Trinajstić information content (AvgIpc) is 3.28. The molecule has 1 amide bonds. The van der Waals surface area contributed by atoms with Gasteiger partial charge in [-0.3, -0.25) is 9.20 Å². The first-order valence-corrected chi connectivity index (χ1v) is 13.1. The number of imidazole rings is 1. The van der Waals surface area contributed by atoms with Crippen LogP contribution in [0.4, 0.5) is 4.39 Å². The third-order valence-corrected chi connectivity index (χ3v) is 7.81. The van der Waals surface area contributed by atoms with E-state index < -0.39 is 0 Å². The Morgan fingerprint density at radius 1 is 0.914 bits per heavy atom. The van der Waals surface area contributed by atoms with Gasteiger partial charge >= 0.3 is 0 Å². The highest BCUT2D eigenvalue weighted by atomic mass is 35.5. The smallest absolute Gasteiger partial charge is 0.269 e. The monoisotopic (exact) mass is 489 g/mol. The third-order valence-electron chi connectivity index (χ3n) is 7.56. The first-order chi connectivity index (χ1) is 17.1. The van der Waals surface area contributed by atoms with Crippen molar-refractivity contribution < 1.29 is 9.18 Å². The predicted molar refractivity (Wildman–Crippen MR) is 139 cm³/mol. The van der Waals surface area contributed by atoms with Crippen LogP contribution in [-0.2, 0) is 13.0 Å². The SMILES string of the molecule is O=C(NC1CCCCC1)c1c(-c2ccc(F)cc2)c2c3n(c(-c4ccc(Cl)cc4)cn13)CCCC2. The second-order valence-corrected chi connectivity index (χ2v) is 10.3. The number of nitrogens with zero attached hydrogens (tertiary/aromatic N) is 2. The van der Waals surface area contributed by atoms with Gasteiger partial charge in [0.25, 0.3) is 5.91 Å². The van der Waals surface area contributed by atoms with Gasteiger partial charge < -0.3 is 9.88 Å². The molecular weight excluding hydrogens is 461 g/mol. The minimum Gasteiger partial charge on any atom is -0.348 e. The van der Waals surface area contributed by atoms with E-state index in [2.05, 4.69) is 20.5 Å². The van der Waals surface area contributed by atoms with Crippen molar-refractivity contribution in [2.75, 3.05) is 0 Å². The maximum atomic E-state index is 13.9. The van der Waals surface area contributed by atoms with E-state index >= 15 is 0 Å². The predicted octanol–water partition coefficient (Wildman–Crippen LogP) is 7.27. The Morgan fingerprint density at radius 3 is 2.37 bits per heavy atom. The quantitative estimate of drug-likeness (QED) is 0.321. The lowest BCUT2D eigenvalue weighted by molar-refractivity contribution is 0.0922. The number of nitrogens with one attached hydrogen (secondary N) is 1. The van der Waals surface area contributed by atoms with Crippen LogP contribution in [0.1, 0.15) is 61.0 Å². The molecule has 0 bridgehead atoms. The number of amides is 1. The molecule has 0 atom stereocenters. The van der Waals surface area contributed by atoms with Crippen molar-refractivity contribution in [1.82, 2.24) is 14.3 Å². The molecule has 1 aliphatic carbocycles. The molecule has 1 saturated carbocycles. The lowest BCUT2D eigenvalue weighted by atomic mass is 9.94. The number of rotatable bonds is 4. The number of aromatic nitrogens is 2. The Labute approximate surface area is 209 Å². The molecule has 1 fully saturated rings. The average molecular weight is 490 g/mol. The molecule has 0 radical (unpaired) electrons. The summed E-state index contributed by atoms with van der Waals surface area (Å²) in [6, 6.07) is 14.7. The maximum absolute atomic E-state index is 13.9. The summed E-state index contributed by atoms with van der Waals surface area (Å²) in [4.78, 5) is 13.9. The van der Waals surface area contributed by atoms with Gasteiger partial charge in [0, 0.05) is 34.9 Å². The summed E-state index contributed by atoms with van der Waals surface area (Å²) < 4.78 is 18.2. The summed E-state index contributed by atoms with van der Waals surface area (Å²) in [5.74, 6) is -0.316. The van der Waals surface area contributed by atoms with E-state index in [-0.39, 0.29) is 17.8 Å². The molecule has 1 aliphatic heterocycles. The Kier molecular flexibility index (Phi) is 5.89. The normalized spacial score (nSPS) is 16.4. The lowest BCUT2D eigenvalue weighted by Crippen LogP contribution is -2.37. The summed E-state index contributed by atoms with van der Waals surface area (Å²) in [5, 5.41) is 4.04. The molecule has 6 heteroatoms. The summed E-state index contributed by atoms with van der Waals surface area (Å²) >= 11 is 6.16. The van der Waals surface area contributed by atoms with Gasteiger partial charge in [-0.2, -0.15) is 0 Å². The van der Waals surface area contributed by atoms with Crippen molar-refractivity contribution in [3.8, 4) is 22.4 Å². The summed E-state index contributed by atoms with van der Waals surface area (Å²) in [7, 11) is 0. The lowest BCUT2D eigenvalue weighted by Gasteiger charge is -2.23. The Balaban J connectivity index is 1.57. The number of halogens is 2. The van der Waals surface area contributed by atoms with Crippen LogP contribution in [0.25, 0.3) is 28.0 Å². The van der Waals surface area contributed by atoms with E-state index in [0.717, 1.165) is 79.5 Å². The van der Waals surface area contributed by atoms with Crippen molar-refractivity contribution >= 4 is 23.2 Å². The molecule has 180 valence electrons. The van der Waals surface area contributed by atoms with Crippen LogP contribution in [0.2, 0.25) is 5.02 Å². The second-order valence-electron chi connectivity index (χ2n) is 9.84. The summed E-state index contributed by atoms with van der Waals surface area (Å²) in [6.07, 6.45) is 10.7. The number of hydrogen-bond acceptors (Lipinski definition) is 1. The number of carbonyl (C=O) groups excluding carboxylic acids is 1. The molecule has 3 heterocycles. The molecular formula is C29H29ClFN3O. The molecule has 2 aromatic carbocycles. The van der Waals surface area contributed by atoms with Crippen molar-refractivity contribution in [3.63, 3.8) is 0 Å². The molecule has 0 saturated heterocycles. The van der Waals surface area contributed by atoms with E-state index in [0.29, 0.717) is 10.7 Å². The van der Waals surface area contributed by atoms with Crippen molar-refractivity contribution in [1.29, 1.82) is 0 Å². The molecule has 0 spiro atoms. The first-order valence-electron chi connectivity index (χ1n) is 12.7. The highest BCUT2D eigenvalue weighted by Gasteiger charge is 2.30. The standard InChI is InChI=1S/C29H29ClFN3O/c30-21-13-9-19(10-14-21)25-18-34-27(28(35)32-23-6-2-1-3-7-23)26(20-11-15-22(31)16-12-20)24-8-4-5-17-33(25)29(24)34/h9-16,18,23H,1-8,17H2,(H,32,35). The summed E-state index contributed by atoms with van der Waals surface area (Å²) in [6.45, 7) is 0.887. The minimum atomic E-state index is -0.272. The number of carbonyl (C=O) groups is 1. The third kappa shape index (κ3) is 4.06. The van der Waals surface area contributed by atoms with Gasteiger partial charge in [-0.1, -0.05) is 55.1 Å². The topological polar surface area (TPSA) is 38.4 Å². The molecule has 1 N–H and O–H groups in total. The first kappa shape index (κ1) is 22.4. The van der Waals surface area contributed by atoms with Gasteiger partial charge in [-0.15, -0.1) is 0 Å². The Morgan fingerprint density at radius 2 is 1.63 bits per heavy atom. The van der Waals surface area contributed by atoms with Crippen molar-refractivity contribution in [3.05, 3.63) is 76.8 Å². The van der Waals surface area contributed by atoms with E-state index in [4.69, 9.17) is 11.6 Å². The molecule has 6 rings (SSSR count). The van der Waals surface area contributed by atoms with Crippen LogP contribution >= 0.6 is 11.6 Å². The van der Waals surface area contributed by atoms with Crippen molar-refractivity contribution in [2.24, 2.45) is 0 Å². The minimum absolute atomic E-state index is 0.0437. The fourth-order valence-corrected chi connectivity index (χ4v) is 6.01.